The molecule has 7 nitrogen and oxygen atoms in total. The number of aliphatic hydroxyl groups excluding tert-OH is 1. The van der Waals surface area contributed by atoms with Gasteiger partial charge in [-0.2, -0.15) is 0 Å². The maximum atomic E-state index is 12.8. The first-order chi connectivity index (χ1) is 20.1. The van der Waals surface area contributed by atoms with E-state index < -0.39 is 6.29 Å². The molecule has 0 unspecified atom stereocenters. The number of carbonyl (C=O) groups excluding carboxylic acids is 2. The van der Waals surface area contributed by atoms with E-state index in [1.54, 1.807) is 24.3 Å². The topological polar surface area (TPSA) is 79.3 Å². The molecular weight excluding hydrogens is 516 g/mol. The van der Waals surface area contributed by atoms with Crippen molar-refractivity contribution in [3.8, 4) is 0 Å². The summed E-state index contributed by atoms with van der Waals surface area (Å²) in [6.45, 7) is 3.32. The predicted molar refractivity (Wildman–Crippen MR) is 155 cm³/mol. The summed E-state index contributed by atoms with van der Waals surface area (Å²) in [5.74, 6) is -0.508. The molecule has 0 aliphatic carbocycles. The molecule has 0 aromatic heterocycles. The van der Waals surface area contributed by atoms with Crippen LogP contribution in [0.2, 0.25) is 0 Å². The lowest BCUT2D eigenvalue weighted by Crippen LogP contribution is -2.40. The van der Waals surface area contributed by atoms with Gasteiger partial charge in [0.25, 0.3) is 11.8 Å². The van der Waals surface area contributed by atoms with Gasteiger partial charge >= 0.3 is 0 Å². The summed E-state index contributed by atoms with van der Waals surface area (Å²) in [5.41, 5.74) is 4.65. The van der Waals surface area contributed by atoms with Gasteiger partial charge in [0.05, 0.1) is 36.5 Å². The molecule has 0 saturated carbocycles. The Kier molecular flexibility index (Phi) is 8.58. The van der Waals surface area contributed by atoms with Crippen LogP contribution >= 0.6 is 0 Å². The Morgan fingerprint density at radius 1 is 0.707 bits per heavy atom. The molecule has 3 atom stereocenters. The van der Waals surface area contributed by atoms with Crippen LogP contribution in [-0.2, 0) is 22.6 Å². The first-order valence-corrected chi connectivity index (χ1v) is 14.9. The number of amides is 2. The number of likely N-dealkylation sites (tertiary alicyclic amines) is 1. The van der Waals surface area contributed by atoms with Gasteiger partial charge in [0.1, 0.15) is 0 Å². The molecule has 3 aliphatic heterocycles. The van der Waals surface area contributed by atoms with Gasteiger partial charge in [-0.1, -0.05) is 79.9 Å². The van der Waals surface area contributed by atoms with Gasteiger partial charge < -0.3 is 19.5 Å². The van der Waals surface area contributed by atoms with Crippen LogP contribution < -0.4 is 0 Å². The summed E-state index contributed by atoms with van der Waals surface area (Å²) in [7, 11) is 0. The normalized spacial score (nSPS) is 23.7. The van der Waals surface area contributed by atoms with E-state index in [4.69, 9.17) is 9.47 Å². The van der Waals surface area contributed by atoms with Crippen molar-refractivity contribution in [1.82, 2.24) is 9.80 Å². The lowest BCUT2D eigenvalue weighted by atomic mass is 9.99. The number of ether oxygens (including phenoxy) is 2. The van der Waals surface area contributed by atoms with Crippen LogP contribution in [0.3, 0.4) is 0 Å². The molecule has 6 rings (SSSR count). The minimum Gasteiger partial charge on any atom is -0.392 e. The van der Waals surface area contributed by atoms with Gasteiger partial charge in [0, 0.05) is 18.5 Å². The van der Waals surface area contributed by atoms with Crippen LogP contribution in [0.15, 0.2) is 72.8 Å². The third-order valence-corrected chi connectivity index (χ3v) is 8.50. The van der Waals surface area contributed by atoms with E-state index in [1.807, 2.05) is 48.5 Å². The first-order valence-electron chi connectivity index (χ1n) is 14.9. The van der Waals surface area contributed by atoms with E-state index in [1.165, 1.54) is 37.0 Å². The Balaban J connectivity index is 1.18. The molecular formula is C34H38N2O5. The zero-order chi connectivity index (χ0) is 28.2. The molecule has 0 radical (unpaired) electrons. The van der Waals surface area contributed by atoms with Crippen molar-refractivity contribution in [3.05, 3.63) is 106 Å². The second kappa shape index (κ2) is 12.7. The van der Waals surface area contributed by atoms with Crippen LogP contribution in [0, 0.1) is 0 Å². The molecule has 3 aromatic carbocycles. The van der Waals surface area contributed by atoms with Gasteiger partial charge in [-0.05, 0) is 54.8 Å². The van der Waals surface area contributed by atoms with Crippen molar-refractivity contribution in [3.63, 3.8) is 0 Å². The zero-order valence-electron chi connectivity index (χ0n) is 23.4. The fourth-order valence-electron chi connectivity index (χ4n) is 6.16. The van der Waals surface area contributed by atoms with Gasteiger partial charge in [0.2, 0.25) is 0 Å². The number of imide groups is 1. The van der Waals surface area contributed by atoms with Crippen LogP contribution in [0.25, 0.3) is 0 Å². The zero-order valence-corrected chi connectivity index (χ0v) is 23.4. The monoisotopic (exact) mass is 554 g/mol. The van der Waals surface area contributed by atoms with Crippen LogP contribution in [-0.4, -0.2) is 52.5 Å². The van der Waals surface area contributed by atoms with Crippen molar-refractivity contribution >= 4 is 11.8 Å². The van der Waals surface area contributed by atoms with Gasteiger partial charge in [0.15, 0.2) is 6.29 Å². The lowest BCUT2D eigenvalue weighted by Gasteiger charge is -2.39. The average molecular weight is 555 g/mol. The highest BCUT2D eigenvalue weighted by Gasteiger charge is 2.36. The van der Waals surface area contributed by atoms with Crippen molar-refractivity contribution in [2.45, 2.75) is 70.2 Å². The highest BCUT2D eigenvalue weighted by Crippen LogP contribution is 2.38. The quantitative estimate of drug-likeness (QED) is 0.373. The van der Waals surface area contributed by atoms with Gasteiger partial charge in [-0.25, -0.2) is 0 Å². The van der Waals surface area contributed by atoms with E-state index >= 15 is 0 Å². The molecule has 3 aliphatic rings. The molecule has 2 saturated heterocycles. The Hall–Kier alpha value is -3.36. The minimum atomic E-state index is -0.528. The number of fused-ring (bicyclic) bond motifs is 1. The smallest absolute Gasteiger partial charge is 0.261 e. The van der Waals surface area contributed by atoms with E-state index in [0.717, 1.165) is 48.3 Å². The summed E-state index contributed by atoms with van der Waals surface area (Å²) in [5, 5.41) is 9.49. The maximum absolute atomic E-state index is 12.8. The number of rotatable bonds is 7. The summed E-state index contributed by atoms with van der Waals surface area (Å²) < 4.78 is 13.1. The van der Waals surface area contributed by atoms with Crippen LogP contribution in [0.1, 0.15) is 93.9 Å². The van der Waals surface area contributed by atoms with Gasteiger partial charge in [-0.15, -0.1) is 0 Å². The number of nitrogens with zero attached hydrogens (tertiary/aromatic N) is 2. The fraction of sp³-hybridized carbons (Fsp3) is 0.412. The third-order valence-electron chi connectivity index (χ3n) is 8.50. The summed E-state index contributed by atoms with van der Waals surface area (Å²) >= 11 is 0. The molecule has 1 N–H and O–H groups in total. The average Bonchev–Trinajstić information content (AvgIpc) is 3.23. The Bertz CT molecular complexity index is 1310. The third kappa shape index (κ3) is 6.28. The molecule has 0 spiro atoms. The highest BCUT2D eigenvalue weighted by atomic mass is 16.7. The number of aliphatic hydroxyl groups is 1. The number of hydrogen-bond donors (Lipinski definition) is 1. The first kappa shape index (κ1) is 27.8. The van der Waals surface area contributed by atoms with Crippen molar-refractivity contribution in [2.24, 2.45) is 0 Å². The standard InChI is InChI=1S/C34H38N2O5/c37-23-25-12-14-26(15-13-25)31-20-28(22-35-18-6-2-1-3-7-19-35)40-34(41-31)27-16-10-24(11-17-27)21-36-32(38)29-8-4-5-9-30(29)33(36)39/h4-5,8-17,28,31,34,37H,1-3,6-7,18-23H2/t28-,31+,34+/m1/s1. The fourth-order valence-corrected chi connectivity index (χ4v) is 6.16. The van der Waals surface area contributed by atoms with E-state index in [0.29, 0.717) is 11.1 Å². The van der Waals surface area contributed by atoms with Crippen LogP contribution in [0.4, 0.5) is 0 Å². The maximum Gasteiger partial charge on any atom is 0.261 e. The SMILES string of the molecule is O=C1c2ccccc2C(=O)N1Cc1ccc([C@H]2O[C@@H](CN3CCCCCCC3)C[C@@H](c3ccc(CO)cc3)O2)cc1. The largest absolute Gasteiger partial charge is 0.392 e. The van der Waals surface area contributed by atoms with Crippen molar-refractivity contribution < 1.29 is 24.2 Å². The molecule has 41 heavy (non-hydrogen) atoms. The van der Waals surface area contributed by atoms with E-state index in [9.17, 15) is 14.7 Å². The molecule has 2 amide bonds. The Labute approximate surface area is 241 Å². The molecule has 214 valence electrons. The minimum absolute atomic E-state index is 0.0161. The van der Waals surface area contributed by atoms with Crippen molar-refractivity contribution in [2.75, 3.05) is 19.6 Å². The summed E-state index contributed by atoms with van der Waals surface area (Å²) in [6.07, 6.45) is 6.51. The number of benzene rings is 3. The lowest BCUT2D eigenvalue weighted by molar-refractivity contribution is -0.253. The van der Waals surface area contributed by atoms with Gasteiger partial charge in [-0.3, -0.25) is 14.5 Å². The predicted octanol–water partition coefficient (Wildman–Crippen LogP) is 5.79. The summed E-state index contributed by atoms with van der Waals surface area (Å²) in [6, 6.07) is 22.8. The second-order valence-corrected chi connectivity index (χ2v) is 11.4. The molecule has 0 bridgehead atoms. The van der Waals surface area contributed by atoms with Crippen LogP contribution in [0.5, 0.6) is 0 Å². The Morgan fingerprint density at radius 3 is 1.93 bits per heavy atom. The molecule has 2 fully saturated rings. The van der Waals surface area contributed by atoms with Crippen molar-refractivity contribution in [1.29, 1.82) is 0 Å². The molecule has 3 aromatic rings. The van der Waals surface area contributed by atoms with E-state index in [2.05, 4.69) is 4.90 Å². The Morgan fingerprint density at radius 2 is 1.29 bits per heavy atom. The van der Waals surface area contributed by atoms with E-state index in [-0.39, 0.29) is 37.2 Å². The highest BCUT2D eigenvalue weighted by molar-refractivity contribution is 6.21. The molecule has 7 heteroatoms. The molecule has 3 heterocycles. The number of carbonyl (C=O) groups is 2. The number of hydrogen-bond acceptors (Lipinski definition) is 6. The second-order valence-electron chi connectivity index (χ2n) is 11.4. The summed E-state index contributed by atoms with van der Waals surface area (Å²) in [4.78, 5) is 29.5.